The van der Waals surface area contributed by atoms with Gasteiger partial charge in [0, 0.05) is 4.90 Å². The number of nitrogens with one attached hydrogen (secondary N) is 1. The van der Waals surface area contributed by atoms with Crippen molar-refractivity contribution in [3.8, 4) is 0 Å². The highest BCUT2D eigenvalue weighted by Gasteiger charge is 2.17. The molecule has 0 saturated heterocycles. The molecule has 2 rings (SSSR count). The molecule has 23 heavy (non-hydrogen) atoms. The Kier molecular flexibility index (Phi) is 6.28. The molecule has 122 valence electrons. The highest BCUT2D eigenvalue weighted by molar-refractivity contribution is 8.00. The molecule has 0 saturated carbocycles. The first kappa shape index (κ1) is 17.6. The predicted octanol–water partition coefficient (Wildman–Crippen LogP) is 4.92. The van der Waals surface area contributed by atoms with Crippen molar-refractivity contribution in [1.82, 2.24) is 5.32 Å². The number of hydrogen-bond acceptors (Lipinski definition) is 2. The van der Waals surface area contributed by atoms with Crippen LogP contribution in [0.2, 0.25) is 0 Å². The second-order valence-corrected chi connectivity index (χ2v) is 7.31. The number of rotatable bonds is 6. The molecule has 2 nitrogen and oxygen atoms in total. The van der Waals surface area contributed by atoms with E-state index in [9.17, 15) is 4.79 Å². The molecule has 0 aliphatic carbocycles. The van der Waals surface area contributed by atoms with Gasteiger partial charge in [-0.25, -0.2) is 0 Å². The van der Waals surface area contributed by atoms with Gasteiger partial charge in [-0.1, -0.05) is 48.9 Å². The molecule has 2 atom stereocenters. The summed E-state index contributed by atoms with van der Waals surface area (Å²) in [7, 11) is 0. The largest absolute Gasteiger partial charge is 0.349 e. The van der Waals surface area contributed by atoms with E-state index in [-0.39, 0.29) is 17.2 Å². The van der Waals surface area contributed by atoms with E-state index >= 15 is 0 Å². The number of hydrogen-bond donors (Lipinski definition) is 1. The summed E-state index contributed by atoms with van der Waals surface area (Å²) in [5.41, 5.74) is 3.69. The topological polar surface area (TPSA) is 29.1 Å². The van der Waals surface area contributed by atoms with E-state index < -0.39 is 0 Å². The van der Waals surface area contributed by atoms with Crippen molar-refractivity contribution in [2.75, 3.05) is 0 Å². The van der Waals surface area contributed by atoms with Crippen LogP contribution >= 0.6 is 11.8 Å². The monoisotopic (exact) mass is 327 g/mol. The first-order chi connectivity index (χ1) is 11.0. The van der Waals surface area contributed by atoms with Crippen LogP contribution in [0.25, 0.3) is 0 Å². The summed E-state index contributed by atoms with van der Waals surface area (Å²) in [6, 6.07) is 16.8. The molecule has 0 bridgehead atoms. The summed E-state index contributed by atoms with van der Waals surface area (Å²) in [5, 5.41) is 2.99. The van der Waals surface area contributed by atoms with Gasteiger partial charge in [0.1, 0.15) is 0 Å². The Bertz CT molecular complexity index is 634. The lowest BCUT2D eigenvalue weighted by Crippen LogP contribution is -2.33. The molecule has 0 aliphatic heterocycles. The van der Waals surface area contributed by atoms with Crippen LogP contribution in [0.5, 0.6) is 0 Å². The number of carbonyl (C=O) groups is 1. The average molecular weight is 327 g/mol. The van der Waals surface area contributed by atoms with Crippen molar-refractivity contribution >= 4 is 17.7 Å². The Morgan fingerprint density at radius 1 is 1.04 bits per heavy atom. The molecule has 0 spiro atoms. The van der Waals surface area contributed by atoms with Crippen LogP contribution in [0.3, 0.4) is 0 Å². The molecule has 0 fully saturated rings. The Balaban J connectivity index is 1.92. The summed E-state index contributed by atoms with van der Waals surface area (Å²) in [6.07, 6.45) is 1.03. The van der Waals surface area contributed by atoms with Crippen LogP contribution in [0, 0.1) is 6.92 Å². The molecule has 0 aromatic heterocycles. The smallest absolute Gasteiger partial charge is 0.233 e. The third-order valence-corrected chi connectivity index (χ3v) is 5.06. The van der Waals surface area contributed by atoms with Crippen molar-refractivity contribution < 1.29 is 4.79 Å². The summed E-state index contributed by atoms with van der Waals surface area (Å²) in [4.78, 5) is 13.5. The SMILES string of the molecule is CCc1ccc(C(C)NC(=O)C(C)Sc2ccc(C)cc2)cc1. The standard InChI is InChI=1S/C20H25NOS/c1-5-17-8-10-18(11-9-17)15(3)21-20(22)16(4)23-19-12-6-14(2)7-13-19/h6-13,15-16H,5H2,1-4H3,(H,21,22). The van der Waals surface area contributed by atoms with Crippen molar-refractivity contribution in [2.24, 2.45) is 0 Å². The molecule has 1 amide bonds. The Morgan fingerprint density at radius 2 is 1.65 bits per heavy atom. The molecule has 0 heterocycles. The maximum atomic E-state index is 12.4. The summed E-state index contributed by atoms with van der Waals surface area (Å²) in [5.74, 6) is 0.0719. The number of amides is 1. The summed E-state index contributed by atoms with van der Waals surface area (Å²) in [6.45, 7) is 8.19. The maximum absolute atomic E-state index is 12.4. The molecule has 2 aromatic carbocycles. The molecular weight excluding hydrogens is 302 g/mol. The molecule has 2 aromatic rings. The zero-order valence-electron chi connectivity index (χ0n) is 14.3. The number of benzene rings is 2. The molecule has 1 N–H and O–H groups in total. The van der Waals surface area contributed by atoms with E-state index in [0.29, 0.717) is 0 Å². The van der Waals surface area contributed by atoms with Crippen molar-refractivity contribution in [1.29, 1.82) is 0 Å². The quantitative estimate of drug-likeness (QED) is 0.763. The van der Waals surface area contributed by atoms with Gasteiger partial charge in [-0.2, -0.15) is 0 Å². The van der Waals surface area contributed by atoms with Gasteiger partial charge in [0.05, 0.1) is 11.3 Å². The van der Waals surface area contributed by atoms with Gasteiger partial charge in [-0.05, 0) is 50.5 Å². The lowest BCUT2D eigenvalue weighted by atomic mass is 10.0. The van der Waals surface area contributed by atoms with Crippen LogP contribution in [0.15, 0.2) is 53.4 Å². The van der Waals surface area contributed by atoms with Crippen molar-refractivity contribution in [2.45, 2.75) is 50.3 Å². The number of thioether (sulfide) groups is 1. The van der Waals surface area contributed by atoms with Gasteiger partial charge in [-0.15, -0.1) is 11.8 Å². The Hall–Kier alpha value is -1.74. The van der Waals surface area contributed by atoms with E-state index in [2.05, 4.69) is 67.7 Å². The first-order valence-electron chi connectivity index (χ1n) is 8.12. The Labute approximate surface area is 143 Å². The van der Waals surface area contributed by atoms with Gasteiger partial charge in [-0.3, -0.25) is 4.79 Å². The van der Waals surface area contributed by atoms with Crippen LogP contribution in [0.4, 0.5) is 0 Å². The summed E-state index contributed by atoms with van der Waals surface area (Å²) >= 11 is 1.59. The fourth-order valence-electron chi connectivity index (χ4n) is 2.33. The van der Waals surface area contributed by atoms with Crippen molar-refractivity contribution in [3.63, 3.8) is 0 Å². The molecule has 0 aliphatic rings. The van der Waals surface area contributed by atoms with E-state index in [4.69, 9.17) is 0 Å². The fraction of sp³-hybridized carbons (Fsp3) is 0.350. The highest BCUT2D eigenvalue weighted by atomic mass is 32.2. The third kappa shape index (κ3) is 5.14. The van der Waals surface area contributed by atoms with E-state index in [1.54, 1.807) is 11.8 Å². The zero-order valence-corrected chi connectivity index (χ0v) is 15.1. The van der Waals surface area contributed by atoms with Gasteiger partial charge in [0.2, 0.25) is 5.91 Å². The lowest BCUT2D eigenvalue weighted by molar-refractivity contribution is -0.120. The lowest BCUT2D eigenvalue weighted by Gasteiger charge is -2.18. The van der Waals surface area contributed by atoms with Crippen LogP contribution in [0.1, 0.15) is 43.5 Å². The van der Waals surface area contributed by atoms with Crippen LogP contribution in [-0.2, 0) is 11.2 Å². The third-order valence-electron chi connectivity index (χ3n) is 3.95. The minimum atomic E-state index is -0.116. The molecule has 2 unspecified atom stereocenters. The molecule has 0 radical (unpaired) electrons. The van der Waals surface area contributed by atoms with E-state index in [1.807, 2.05) is 13.8 Å². The highest BCUT2D eigenvalue weighted by Crippen LogP contribution is 2.24. The van der Waals surface area contributed by atoms with Crippen molar-refractivity contribution in [3.05, 3.63) is 65.2 Å². The normalized spacial score (nSPS) is 13.4. The zero-order chi connectivity index (χ0) is 16.8. The number of carbonyl (C=O) groups excluding carboxylic acids is 1. The minimum Gasteiger partial charge on any atom is -0.349 e. The predicted molar refractivity (Wildman–Crippen MR) is 98.9 cm³/mol. The van der Waals surface area contributed by atoms with Gasteiger partial charge < -0.3 is 5.32 Å². The minimum absolute atomic E-state index is 0.0227. The second-order valence-electron chi connectivity index (χ2n) is 5.90. The number of aryl methyl sites for hydroxylation is 2. The van der Waals surface area contributed by atoms with Crippen LogP contribution in [-0.4, -0.2) is 11.2 Å². The van der Waals surface area contributed by atoms with E-state index in [1.165, 1.54) is 11.1 Å². The molecular formula is C20H25NOS. The fourth-order valence-corrected chi connectivity index (χ4v) is 3.21. The molecule has 3 heteroatoms. The Morgan fingerprint density at radius 3 is 2.22 bits per heavy atom. The maximum Gasteiger partial charge on any atom is 0.233 e. The van der Waals surface area contributed by atoms with E-state index in [0.717, 1.165) is 16.9 Å². The second kappa shape index (κ2) is 8.21. The van der Waals surface area contributed by atoms with Gasteiger partial charge in [0.25, 0.3) is 0 Å². The van der Waals surface area contributed by atoms with Gasteiger partial charge in [0.15, 0.2) is 0 Å². The average Bonchev–Trinajstić information content (AvgIpc) is 2.56. The summed E-state index contributed by atoms with van der Waals surface area (Å²) < 4.78 is 0. The van der Waals surface area contributed by atoms with Crippen LogP contribution < -0.4 is 5.32 Å². The van der Waals surface area contributed by atoms with Gasteiger partial charge >= 0.3 is 0 Å². The first-order valence-corrected chi connectivity index (χ1v) is 9.00.